The zero-order valence-corrected chi connectivity index (χ0v) is 14.2. The molecular weight excluding hydrogens is 387 g/mol. The van der Waals surface area contributed by atoms with E-state index in [-0.39, 0.29) is 6.10 Å². The number of nitrogens with zero attached hydrogens (tertiary/aromatic N) is 2. The molecule has 2 atom stereocenters. The van der Waals surface area contributed by atoms with Gasteiger partial charge in [0.05, 0.1) is 11.6 Å². The van der Waals surface area contributed by atoms with E-state index in [2.05, 4.69) is 27.7 Å². The molecular formula is C14H17IN2O2S. The second-order valence-electron chi connectivity index (χ2n) is 4.95. The smallest absolute Gasteiger partial charge is 0.119 e. The molecule has 3 heterocycles. The van der Waals surface area contributed by atoms with E-state index < -0.39 is 6.10 Å². The van der Waals surface area contributed by atoms with Gasteiger partial charge in [0.15, 0.2) is 0 Å². The molecule has 0 amide bonds. The maximum Gasteiger partial charge on any atom is 0.119 e. The standard InChI is InChI=1S/C14H17IN2O2S/c1-20-13-8-10-9(5-6-12(15)17(10)16-13)14(18)11-4-2-3-7-19-11/h5-6,8,11,14,18H,2-4,7H2,1H3. The zero-order valence-electron chi connectivity index (χ0n) is 11.3. The van der Waals surface area contributed by atoms with E-state index in [0.717, 1.165) is 45.7 Å². The molecule has 0 aromatic carbocycles. The molecule has 1 aliphatic heterocycles. The van der Waals surface area contributed by atoms with Crippen LogP contribution in [0.3, 0.4) is 0 Å². The largest absolute Gasteiger partial charge is 0.386 e. The van der Waals surface area contributed by atoms with Gasteiger partial charge in [0.1, 0.15) is 14.8 Å². The van der Waals surface area contributed by atoms with Crippen molar-refractivity contribution in [3.8, 4) is 0 Å². The first-order valence-electron chi connectivity index (χ1n) is 6.72. The second kappa shape index (κ2) is 6.21. The summed E-state index contributed by atoms with van der Waals surface area (Å²) in [6.45, 7) is 0.748. The van der Waals surface area contributed by atoms with Crippen molar-refractivity contribution < 1.29 is 9.84 Å². The fourth-order valence-corrected chi connectivity index (χ4v) is 3.55. The van der Waals surface area contributed by atoms with Crippen molar-refractivity contribution >= 4 is 39.9 Å². The van der Waals surface area contributed by atoms with Crippen LogP contribution in [0.25, 0.3) is 5.52 Å². The summed E-state index contributed by atoms with van der Waals surface area (Å²) in [4.78, 5) is 0. The van der Waals surface area contributed by atoms with E-state index in [1.807, 2.05) is 29.0 Å². The molecule has 1 aliphatic rings. The monoisotopic (exact) mass is 404 g/mol. The molecule has 2 aromatic heterocycles. The van der Waals surface area contributed by atoms with Crippen LogP contribution in [0.5, 0.6) is 0 Å². The summed E-state index contributed by atoms with van der Waals surface area (Å²) >= 11 is 3.87. The van der Waals surface area contributed by atoms with Crippen LogP contribution >= 0.6 is 34.4 Å². The van der Waals surface area contributed by atoms with E-state index in [4.69, 9.17) is 4.74 Å². The zero-order chi connectivity index (χ0) is 14.1. The third-order valence-corrected chi connectivity index (χ3v) is 5.11. The van der Waals surface area contributed by atoms with Gasteiger partial charge >= 0.3 is 0 Å². The summed E-state index contributed by atoms with van der Waals surface area (Å²) in [6.07, 6.45) is 4.46. The molecule has 0 bridgehead atoms. The van der Waals surface area contributed by atoms with Crippen LogP contribution in [-0.4, -0.2) is 33.7 Å². The van der Waals surface area contributed by atoms with Gasteiger partial charge in [0.2, 0.25) is 0 Å². The highest BCUT2D eigenvalue weighted by Gasteiger charge is 2.26. The topological polar surface area (TPSA) is 46.8 Å². The van der Waals surface area contributed by atoms with Gasteiger partial charge in [-0.1, -0.05) is 6.07 Å². The van der Waals surface area contributed by atoms with Gasteiger partial charge in [0, 0.05) is 12.2 Å². The molecule has 1 fully saturated rings. The second-order valence-corrected chi connectivity index (χ2v) is 6.88. The number of rotatable bonds is 3. The fourth-order valence-electron chi connectivity index (χ4n) is 2.61. The summed E-state index contributed by atoms with van der Waals surface area (Å²) in [5.41, 5.74) is 1.88. The van der Waals surface area contributed by atoms with Crippen molar-refractivity contribution in [1.29, 1.82) is 0 Å². The lowest BCUT2D eigenvalue weighted by molar-refractivity contribution is -0.0629. The average molecular weight is 404 g/mol. The first-order chi connectivity index (χ1) is 9.70. The lowest BCUT2D eigenvalue weighted by atomic mass is 9.98. The Morgan fingerprint density at radius 2 is 2.35 bits per heavy atom. The van der Waals surface area contributed by atoms with E-state index in [1.54, 1.807) is 11.8 Å². The highest BCUT2D eigenvalue weighted by atomic mass is 127. The van der Waals surface area contributed by atoms with Crippen molar-refractivity contribution in [3.05, 3.63) is 27.5 Å². The van der Waals surface area contributed by atoms with Gasteiger partial charge in [-0.05, 0) is 60.2 Å². The first-order valence-corrected chi connectivity index (χ1v) is 9.03. The predicted molar refractivity (Wildman–Crippen MR) is 88.2 cm³/mol. The lowest BCUT2D eigenvalue weighted by Gasteiger charge is -2.27. The quantitative estimate of drug-likeness (QED) is 0.485. The Morgan fingerprint density at radius 3 is 3.05 bits per heavy atom. The van der Waals surface area contributed by atoms with Crippen molar-refractivity contribution in [2.45, 2.75) is 36.5 Å². The van der Waals surface area contributed by atoms with Crippen LogP contribution in [0, 0.1) is 3.70 Å². The van der Waals surface area contributed by atoms with Crippen LogP contribution in [-0.2, 0) is 4.74 Å². The average Bonchev–Trinajstić information content (AvgIpc) is 2.93. The molecule has 0 radical (unpaired) electrons. The number of ether oxygens (including phenoxy) is 1. The summed E-state index contributed by atoms with van der Waals surface area (Å²) in [6, 6.07) is 6.02. The Balaban J connectivity index is 2.01. The number of pyridine rings is 1. The van der Waals surface area contributed by atoms with Gasteiger partial charge in [-0.25, -0.2) is 4.52 Å². The molecule has 0 aliphatic carbocycles. The Labute approximate surface area is 136 Å². The molecule has 1 saturated heterocycles. The van der Waals surface area contributed by atoms with Gasteiger partial charge in [0.25, 0.3) is 0 Å². The SMILES string of the molecule is CSc1cc2c(C(O)C3CCCCO3)ccc(I)n2n1. The number of aliphatic hydroxyl groups excluding tert-OH is 1. The van der Waals surface area contributed by atoms with E-state index in [0.29, 0.717) is 0 Å². The maximum absolute atomic E-state index is 10.6. The van der Waals surface area contributed by atoms with Crippen molar-refractivity contribution in [2.75, 3.05) is 12.9 Å². The number of aliphatic hydroxyl groups is 1. The number of aromatic nitrogens is 2. The van der Waals surface area contributed by atoms with Crippen LogP contribution in [0.4, 0.5) is 0 Å². The predicted octanol–water partition coefficient (Wildman–Crippen LogP) is 3.26. The van der Waals surface area contributed by atoms with Crippen molar-refractivity contribution in [2.24, 2.45) is 0 Å². The lowest BCUT2D eigenvalue weighted by Crippen LogP contribution is -2.26. The van der Waals surface area contributed by atoms with Crippen LogP contribution in [0.15, 0.2) is 23.2 Å². The Hall–Kier alpha value is -0.310. The van der Waals surface area contributed by atoms with E-state index in [1.165, 1.54) is 0 Å². The molecule has 2 unspecified atom stereocenters. The molecule has 0 saturated carbocycles. The first kappa shape index (κ1) is 14.6. The van der Waals surface area contributed by atoms with Crippen molar-refractivity contribution in [3.63, 3.8) is 0 Å². The normalized spacial score (nSPS) is 21.2. The summed E-state index contributed by atoms with van der Waals surface area (Å²) in [7, 11) is 0. The molecule has 1 N–H and O–H groups in total. The van der Waals surface area contributed by atoms with E-state index >= 15 is 0 Å². The summed E-state index contributed by atoms with van der Waals surface area (Å²) in [5, 5.41) is 16.1. The number of halogens is 1. The highest BCUT2D eigenvalue weighted by molar-refractivity contribution is 14.1. The number of hydrogen-bond donors (Lipinski definition) is 1. The van der Waals surface area contributed by atoms with Crippen LogP contribution in [0.2, 0.25) is 0 Å². The summed E-state index contributed by atoms with van der Waals surface area (Å²) < 4.78 is 8.66. The molecule has 0 spiro atoms. The van der Waals surface area contributed by atoms with Gasteiger partial charge in [-0.15, -0.1) is 11.8 Å². The third-order valence-electron chi connectivity index (χ3n) is 3.68. The molecule has 3 rings (SSSR count). The number of fused-ring (bicyclic) bond motifs is 1. The molecule has 108 valence electrons. The van der Waals surface area contributed by atoms with Gasteiger partial charge < -0.3 is 9.84 Å². The Morgan fingerprint density at radius 1 is 1.50 bits per heavy atom. The summed E-state index contributed by atoms with van der Waals surface area (Å²) in [5.74, 6) is 0. The van der Waals surface area contributed by atoms with Gasteiger partial charge in [-0.2, -0.15) is 5.10 Å². The minimum absolute atomic E-state index is 0.0970. The third kappa shape index (κ3) is 2.70. The highest BCUT2D eigenvalue weighted by Crippen LogP contribution is 2.31. The fraction of sp³-hybridized carbons (Fsp3) is 0.500. The Kier molecular flexibility index (Phi) is 4.54. The molecule has 6 heteroatoms. The van der Waals surface area contributed by atoms with Crippen LogP contribution < -0.4 is 0 Å². The minimum Gasteiger partial charge on any atom is -0.386 e. The molecule has 2 aromatic rings. The van der Waals surface area contributed by atoms with Crippen LogP contribution in [0.1, 0.15) is 30.9 Å². The molecule has 4 nitrogen and oxygen atoms in total. The number of thioether (sulfide) groups is 1. The number of hydrogen-bond acceptors (Lipinski definition) is 4. The van der Waals surface area contributed by atoms with Crippen molar-refractivity contribution in [1.82, 2.24) is 9.61 Å². The van der Waals surface area contributed by atoms with E-state index in [9.17, 15) is 5.11 Å². The molecule has 20 heavy (non-hydrogen) atoms. The van der Waals surface area contributed by atoms with Gasteiger partial charge in [-0.3, -0.25) is 0 Å². The minimum atomic E-state index is -0.582. The Bertz CT molecular complexity index is 610. The maximum atomic E-state index is 10.6.